The van der Waals surface area contributed by atoms with E-state index in [1.807, 2.05) is 29.7 Å². The smallest absolute Gasteiger partial charge is 0.138 e. The van der Waals surface area contributed by atoms with E-state index >= 15 is 0 Å². The van der Waals surface area contributed by atoms with Crippen molar-refractivity contribution in [1.29, 1.82) is 0 Å². The third-order valence-corrected chi connectivity index (χ3v) is 2.73. The molecular formula is C10H11BrN2O. The Kier molecular flexibility index (Phi) is 2.56. The molecule has 0 aliphatic heterocycles. The van der Waals surface area contributed by atoms with Gasteiger partial charge in [-0.05, 0) is 18.6 Å². The number of hydrogen-bond donors (Lipinski definition) is 1. The van der Waals surface area contributed by atoms with Gasteiger partial charge in [-0.2, -0.15) is 0 Å². The molecule has 0 radical (unpaired) electrons. The van der Waals surface area contributed by atoms with Gasteiger partial charge in [0.2, 0.25) is 0 Å². The molecular weight excluding hydrogens is 244 g/mol. The largest absolute Gasteiger partial charge is 0.387 e. The number of rotatable bonds is 2. The van der Waals surface area contributed by atoms with Crippen LogP contribution in [0, 0.1) is 0 Å². The van der Waals surface area contributed by atoms with Crippen molar-refractivity contribution in [2.24, 2.45) is 0 Å². The Morgan fingerprint density at radius 1 is 1.64 bits per heavy atom. The Morgan fingerprint density at radius 2 is 2.43 bits per heavy atom. The molecule has 1 N–H and O–H groups in total. The van der Waals surface area contributed by atoms with Crippen LogP contribution in [0.1, 0.15) is 25.1 Å². The molecule has 0 aliphatic rings. The highest BCUT2D eigenvalue weighted by molar-refractivity contribution is 9.10. The van der Waals surface area contributed by atoms with Crippen LogP contribution >= 0.6 is 15.9 Å². The summed E-state index contributed by atoms with van der Waals surface area (Å²) in [6, 6.07) is 3.85. The van der Waals surface area contributed by atoms with Gasteiger partial charge >= 0.3 is 0 Å². The normalized spacial score (nSPS) is 13.4. The molecule has 3 nitrogen and oxygen atoms in total. The molecule has 0 bridgehead atoms. The lowest BCUT2D eigenvalue weighted by molar-refractivity contribution is 0.168. The molecule has 0 saturated carbocycles. The predicted molar refractivity (Wildman–Crippen MR) is 58.1 cm³/mol. The second kappa shape index (κ2) is 3.71. The SMILES string of the molecule is CCC(O)c1cnc2cc(Br)ccn12. The standard InChI is InChI=1S/C10H11BrN2O/c1-2-9(14)8-6-12-10-5-7(11)3-4-13(8)10/h3-6,9,14H,2H2,1H3. The lowest BCUT2D eigenvalue weighted by Crippen LogP contribution is -1.99. The minimum atomic E-state index is -0.439. The zero-order valence-electron chi connectivity index (χ0n) is 7.81. The first kappa shape index (κ1) is 9.68. The molecule has 0 fully saturated rings. The highest BCUT2D eigenvalue weighted by Crippen LogP contribution is 2.19. The summed E-state index contributed by atoms with van der Waals surface area (Å²) < 4.78 is 2.90. The van der Waals surface area contributed by atoms with Gasteiger partial charge in [0.1, 0.15) is 5.65 Å². The van der Waals surface area contributed by atoms with Gasteiger partial charge in [-0.1, -0.05) is 22.9 Å². The van der Waals surface area contributed by atoms with Crippen LogP contribution in [0.4, 0.5) is 0 Å². The average Bonchev–Trinajstić information content (AvgIpc) is 2.59. The first-order chi connectivity index (χ1) is 6.72. The summed E-state index contributed by atoms with van der Waals surface area (Å²) in [5.41, 5.74) is 1.69. The number of pyridine rings is 1. The number of aliphatic hydroxyl groups is 1. The van der Waals surface area contributed by atoms with Gasteiger partial charge in [-0.3, -0.25) is 0 Å². The highest BCUT2D eigenvalue weighted by atomic mass is 79.9. The fourth-order valence-electron chi connectivity index (χ4n) is 1.43. The maximum absolute atomic E-state index is 9.71. The molecule has 0 aliphatic carbocycles. The number of hydrogen-bond acceptors (Lipinski definition) is 2. The lowest BCUT2D eigenvalue weighted by atomic mass is 10.2. The summed E-state index contributed by atoms with van der Waals surface area (Å²) in [6.07, 6.45) is 3.88. The number of imidazole rings is 1. The minimum Gasteiger partial charge on any atom is -0.387 e. The summed E-state index contributed by atoms with van der Waals surface area (Å²) in [7, 11) is 0. The molecule has 14 heavy (non-hydrogen) atoms. The van der Waals surface area contributed by atoms with Crippen molar-refractivity contribution >= 4 is 21.6 Å². The molecule has 1 atom stereocenters. The number of aromatic nitrogens is 2. The summed E-state index contributed by atoms with van der Waals surface area (Å²) in [4.78, 5) is 4.22. The van der Waals surface area contributed by atoms with E-state index in [1.54, 1.807) is 6.20 Å². The van der Waals surface area contributed by atoms with E-state index in [4.69, 9.17) is 0 Å². The maximum atomic E-state index is 9.71. The number of nitrogens with zero attached hydrogens (tertiary/aromatic N) is 2. The van der Waals surface area contributed by atoms with Crippen molar-refractivity contribution < 1.29 is 5.11 Å². The van der Waals surface area contributed by atoms with Crippen LogP contribution in [-0.4, -0.2) is 14.5 Å². The summed E-state index contributed by atoms with van der Waals surface area (Å²) in [6.45, 7) is 1.95. The number of halogens is 1. The molecule has 0 spiro atoms. The van der Waals surface area contributed by atoms with E-state index in [0.29, 0.717) is 6.42 Å². The van der Waals surface area contributed by atoms with Gasteiger partial charge in [0.15, 0.2) is 0 Å². The van der Waals surface area contributed by atoms with Gasteiger partial charge < -0.3 is 9.51 Å². The zero-order valence-corrected chi connectivity index (χ0v) is 9.40. The molecule has 2 rings (SSSR count). The van der Waals surface area contributed by atoms with Crippen LogP contribution in [-0.2, 0) is 0 Å². The third kappa shape index (κ3) is 1.55. The Morgan fingerprint density at radius 3 is 3.14 bits per heavy atom. The predicted octanol–water partition coefficient (Wildman–Crippen LogP) is 2.54. The Bertz CT molecular complexity index is 452. The van der Waals surface area contributed by atoms with Crippen molar-refractivity contribution in [2.75, 3.05) is 0 Å². The van der Waals surface area contributed by atoms with Crippen molar-refractivity contribution in [1.82, 2.24) is 9.38 Å². The second-order valence-electron chi connectivity index (χ2n) is 3.18. The van der Waals surface area contributed by atoms with Gasteiger partial charge in [-0.15, -0.1) is 0 Å². The van der Waals surface area contributed by atoms with Gasteiger partial charge in [0.05, 0.1) is 18.0 Å². The Hall–Kier alpha value is -0.870. The molecule has 74 valence electrons. The van der Waals surface area contributed by atoms with E-state index < -0.39 is 6.10 Å². The van der Waals surface area contributed by atoms with E-state index in [0.717, 1.165) is 15.8 Å². The fraction of sp³-hybridized carbons (Fsp3) is 0.300. The molecule has 0 aromatic carbocycles. The molecule has 2 heterocycles. The summed E-state index contributed by atoms with van der Waals surface area (Å²) in [5, 5.41) is 9.71. The van der Waals surface area contributed by atoms with Gasteiger partial charge in [-0.25, -0.2) is 4.98 Å². The first-order valence-electron chi connectivity index (χ1n) is 4.53. The Balaban J connectivity index is 2.58. The molecule has 2 aromatic heterocycles. The average molecular weight is 255 g/mol. The van der Waals surface area contributed by atoms with Crippen LogP contribution in [0.15, 0.2) is 29.0 Å². The number of fused-ring (bicyclic) bond motifs is 1. The van der Waals surface area contributed by atoms with E-state index in [1.165, 1.54) is 0 Å². The van der Waals surface area contributed by atoms with Crippen LogP contribution in [0.3, 0.4) is 0 Å². The molecule has 0 amide bonds. The third-order valence-electron chi connectivity index (χ3n) is 2.23. The van der Waals surface area contributed by atoms with Gasteiger partial charge in [0.25, 0.3) is 0 Å². The van der Waals surface area contributed by atoms with Crippen molar-refractivity contribution in [3.05, 3.63) is 34.7 Å². The summed E-state index contributed by atoms with van der Waals surface area (Å²) in [5.74, 6) is 0. The summed E-state index contributed by atoms with van der Waals surface area (Å²) >= 11 is 3.38. The first-order valence-corrected chi connectivity index (χ1v) is 5.32. The van der Waals surface area contributed by atoms with E-state index in [-0.39, 0.29) is 0 Å². The van der Waals surface area contributed by atoms with E-state index in [9.17, 15) is 5.11 Å². The monoisotopic (exact) mass is 254 g/mol. The van der Waals surface area contributed by atoms with E-state index in [2.05, 4.69) is 20.9 Å². The number of aliphatic hydroxyl groups excluding tert-OH is 1. The van der Waals surface area contributed by atoms with Crippen LogP contribution < -0.4 is 0 Å². The maximum Gasteiger partial charge on any atom is 0.138 e. The molecule has 4 heteroatoms. The van der Waals surface area contributed by atoms with Crippen LogP contribution in [0.25, 0.3) is 5.65 Å². The van der Waals surface area contributed by atoms with Crippen molar-refractivity contribution in [2.45, 2.75) is 19.4 Å². The van der Waals surface area contributed by atoms with Crippen LogP contribution in [0.5, 0.6) is 0 Å². The van der Waals surface area contributed by atoms with Crippen molar-refractivity contribution in [3.63, 3.8) is 0 Å². The van der Waals surface area contributed by atoms with Crippen LogP contribution in [0.2, 0.25) is 0 Å². The molecule has 0 saturated heterocycles. The topological polar surface area (TPSA) is 37.5 Å². The highest BCUT2D eigenvalue weighted by Gasteiger charge is 2.10. The Labute approximate surface area is 90.5 Å². The molecule has 2 aromatic rings. The molecule has 1 unspecified atom stereocenters. The van der Waals surface area contributed by atoms with Gasteiger partial charge in [0, 0.05) is 10.7 Å². The quantitative estimate of drug-likeness (QED) is 0.895. The van der Waals surface area contributed by atoms with Crippen molar-refractivity contribution in [3.8, 4) is 0 Å². The fourth-order valence-corrected chi connectivity index (χ4v) is 1.75. The second-order valence-corrected chi connectivity index (χ2v) is 4.10. The zero-order chi connectivity index (χ0) is 10.1. The minimum absolute atomic E-state index is 0.439. The lowest BCUT2D eigenvalue weighted by Gasteiger charge is -2.06.